The van der Waals surface area contributed by atoms with Gasteiger partial charge in [-0.2, -0.15) is 4.31 Å². The maximum atomic E-state index is 15.2. The molecule has 1 atom stereocenters. The Morgan fingerprint density at radius 2 is 1.86 bits per heavy atom. The van der Waals surface area contributed by atoms with Crippen LogP contribution in [-0.4, -0.2) is 73.4 Å². The second kappa shape index (κ2) is 8.88. The summed E-state index contributed by atoms with van der Waals surface area (Å²) >= 11 is 6.39. The summed E-state index contributed by atoms with van der Waals surface area (Å²) in [5, 5.41) is 24.6. The Morgan fingerprint density at radius 1 is 1.22 bits per heavy atom. The van der Waals surface area contributed by atoms with Gasteiger partial charge in [-0.05, 0) is 46.8 Å². The van der Waals surface area contributed by atoms with Crippen LogP contribution in [-0.2, 0) is 15.6 Å². The first-order valence-corrected chi connectivity index (χ1v) is 13.6. The molecule has 1 fully saturated rings. The third-order valence-electron chi connectivity index (χ3n) is 6.35. The van der Waals surface area contributed by atoms with Crippen LogP contribution in [0.15, 0.2) is 18.3 Å². The molecule has 0 radical (unpaired) electrons. The number of imidazole rings is 1. The summed E-state index contributed by atoms with van der Waals surface area (Å²) in [6, 6.07) is 2.30. The van der Waals surface area contributed by atoms with Crippen molar-refractivity contribution in [2.24, 2.45) is 0 Å². The fraction of sp³-hybridized carbons (Fsp3) is 0.522. The van der Waals surface area contributed by atoms with Crippen molar-refractivity contribution in [1.29, 1.82) is 0 Å². The largest absolute Gasteiger partial charge is 0.385 e. The van der Waals surface area contributed by atoms with Crippen LogP contribution in [0.2, 0.25) is 5.02 Å². The lowest BCUT2D eigenvalue weighted by atomic mass is 9.89. The predicted molar refractivity (Wildman–Crippen MR) is 136 cm³/mol. The third kappa shape index (κ3) is 4.80. The van der Waals surface area contributed by atoms with Crippen LogP contribution in [0.5, 0.6) is 0 Å². The number of aromatic nitrogens is 4. The van der Waals surface area contributed by atoms with E-state index >= 15 is 4.39 Å². The quantitative estimate of drug-likeness (QED) is 0.416. The van der Waals surface area contributed by atoms with E-state index in [0.29, 0.717) is 16.9 Å². The van der Waals surface area contributed by atoms with Gasteiger partial charge >= 0.3 is 0 Å². The number of sulfonamides is 1. The van der Waals surface area contributed by atoms with Crippen LogP contribution in [0.1, 0.15) is 46.5 Å². The lowest BCUT2D eigenvalue weighted by Crippen LogP contribution is -2.69. The van der Waals surface area contributed by atoms with Crippen molar-refractivity contribution in [3.05, 3.63) is 35.0 Å². The van der Waals surface area contributed by atoms with E-state index in [2.05, 4.69) is 20.3 Å². The molecule has 3 heterocycles. The predicted octanol–water partition coefficient (Wildman–Crippen LogP) is 2.90. The molecule has 3 aromatic rings. The van der Waals surface area contributed by atoms with E-state index in [9.17, 15) is 18.6 Å². The van der Waals surface area contributed by atoms with Crippen molar-refractivity contribution in [2.45, 2.75) is 57.9 Å². The minimum atomic E-state index is -3.39. The minimum Gasteiger partial charge on any atom is -0.385 e. The molecular formula is C23H30ClFN6O4S. The number of halogens is 2. The van der Waals surface area contributed by atoms with E-state index < -0.39 is 33.1 Å². The molecule has 0 aliphatic carbocycles. The van der Waals surface area contributed by atoms with Crippen molar-refractivity contribution in [2.75, 3.05) is 24.7 Å². The Morgan fingerprint density at radius 3 is 2.42 bits per heavy atom. The Balaban J connectivity index is 1.71. The molecule has 3 N–H and O–H groups in total. The second-order valence-electron chi connectivity index (χ2n) is 10.2. The number of fused-ring (bicyclic) bond motifs is 1. The molecule has 0 unspecified atom stereocenters. The summed E-state index contributed by atoms with van der Waals surface area (Å²) in [4.78, 5) is 13.0. The maximum absolute atomic E-state index is 15.2. The van der Waals surface area contributed by atoms with Gasteiger partial charge in [-0.1, -0.05) is 11.6 Å². The molecule has 13 heteroatoms. The van der Waals surface area contributed by atoms with Gasteiger partial charge in [0.1, 0.15) is 22.5 Å². The molecule has 0 bridgehead atoms. The molecule has 36 heavy (non-hydrogen) atoms. The SMILES string of the molecule is CC(C)n1c(C(C)(C)O)nc2c(F)cc(-c3nc(N[C@H](C)C4(O)CN(S(C)(=O)=O)C4)ncc3Cl)cc21. The van der Waals surface area contributed by atoms with Crippen molar-refractivity contribution < 1.29 is 23.0 Å². The number of hydrogen-bond acceptors (Lipinski definition) is 8. The number of anilines is 1. The highest BCUT2D eigenvalue weighted by atomic mass is 35.5. The Labute approximate surface area is 214 Å². The summed E-state index contributed by atoms with van der Waals surface area (Å²) in [5.41, 5.74) is -1.32. The van der Waals surface area contributed by atoms with Gasteiger partial charge in [0.2, 0.25) is 16.0 Å². The number of benzene rings is 1. The summed E-state index contributed by atoms with van der Waals surface area (Å²) < 4.78 is 41.5. The molecule has 1 aliphatic heterocycles. The third-order valence-corrected chi connectivity index (χ3v) is 7.82. The van der Waals surface area contributed by atoms with Gasteiger partial charge in [0.05, 0.1) is 34.7 Å². The molecule has 196 valence electrons. The van der Waals surface area contributed by atoms with Crippen LogP contribution in [0.4, 0.5) is 10.3 Å². The topological polar surface area (TPSA) is 133 Å². The number of nitrogens with one attached hydrogen (secondary N) is 1. The molecule has 2 aromatic heterocycles. The molecule has 0 saturated carbocycles. The molecule has 4 rings (SSSR count). The first-order chi connectivity index (χ1) is 16.5. The lowest BCUT2D eigenvalue weighted by Gasteiger charge is -2.48. The maximum Gasteiger partial charge on any atom is 0.223 e. The standard InChI is InChI=1S/C23H30ClFN6O4S/c1-12(2)31-17-8-14(7-16(25)19(17)28-20(31)22(4,5)32)18-15(24)9-26-21(29-18)27-13(3)23(33)10-30(11-23)36(6,34)35/h7-9,12-13,32-33H,10-11H2,1-6H3,(H,26,27,29)/t13-/m1/s1. The zero-order valence-corrected chi connectivity index (χ0v) is 22.5. The fourth-order valence-electron chi connectivity index (χ4n) is 4.28. The van der Waals surface area contributed by atoms with Crippen LogP contribution < -0.4 is 5.32 Å². The Bertz CT molecular complexity index is 1430. The van der Waals surface area contributed by atoms with Crippen LogP contribution >= 0.6 is 11.6 Å². The van der Waals surface area contributed by atoms with Crippen LogP contribution in [0.3, 0.4) is 0 Å². The average Bonchev–Trinajstić information content (AvgIpc) is 3.13. The number of nitrogens with zero attached hydrogens (tertiary/aromatic N) is 5. The highest BCUT2D eigenvalue weighted by molar-refractivity contribution is 7.88. The number of β-amino-alcohol motifs (C(OH)–C–C–N with tert-alkyl or cyclic N) is 1. The van der Waals surface area contributed by atoms with Gasteiger partial charge in [-0.3, -0.25) is 0 Å². The fourth-order valence-corrected chi connectivity index (χ4v) is 5.40. The average molecular weight is 541 g/mol. The van der Waals surface area contributed by atoms with Gasteiger partial charge in [-0.25, -0.2) is 27.8 Å². The smallest absolute Gasteiger partial charge is 0.223 e. The van der Waals surface area contributed by atoms with Crippen molar-refractivity contribution >= 4 is 38.6 Å². The molecule has 1 aliphatic rings. The lowest BCUT2D eigenvalue weighted by molar-refractivity contribution is -0.0689. The zero-order valence-electron chi connectivity index (χ0n) is 20.9. The van der Waals surface area contributed by atoms with E-state index in [1.165, 1.54) is 16.6 Å². The van der Waals surface area contributed by atoms with E-state index in [0.717, 1.165) is 6.26 Å². The molecule has 1 aromatic carbocycles. The normalized spacial score (nSPS) is 17.4. The molecule has 0 spiro atoms. The van der Waals surface area contributed by atoms with Gasteiger partial charge in [0.25, 0.3) is 0 Å². The summed E-state index contributed by atoms with van der Waals surface area (Å²) in [7, 11) is -3.39. The number of aliphatic hydroxyl groups is 2. The summed E-state index contributed by atoms with van der Waals surface area (Å²) in [6.07, 6.45) is 2.46. The highest BCUT2D eigenvalue weighted by Crippen LogP contribution is 2.35. The molecule has 1 saturated heterocycles. The molecule has 10 nitrogen and oxygen atoms in total. The van der Waals surface area contributed by atoms with Crippen LogP contribution in [0.25, 0.3) is 22.3 Å². The zero-order chi connectivity index (χ0) is 26.8. The second-order valence-corrected chi connectivity index (χ2v) is 12.6. The van der Waals surface area contributed by atoms with Gasteiger partial charge in [0.15, 0.2) is 5.82 Å². The number of rotatable bonds is 7. The first kappa shape index (κ1) is 26.7. The van der Waals surface area contributed by atoms with Crippen molar-refractivity contribution in [1.82, 2.24) is 23.8 Å². The van der Waals surface area contributed by atoms with E-state index in [4.69, 9.17) is 11.6 Å². The Hall–Kier alpha value is -2.38. The monoisotopic (exact) mass is 540 g/mol. The van der Waals surface area contributed by atoms with Gasteiger partial charge in [-0.15, -0.1) is 0 Å². The van der Waals surface area contributed by atoms with Crippen LogP contribution in [0, 0.1) is 5.82 Å². The number of hydrogen-bond donors (Lipinski definition) is 3. The highest BCUT2D eigenvalue weighted by Gasteiger charge is 2.49. The van der Waals surface area contributed by atoms with E-state index in [1.807, 2.05) is 13.8 Å². The van der Waals surface area contributed by atoms with Gasteiger partial charge in [0, 0.05) is 24.7 Å². The molecular weight excluding hydrogens is 511 g/mol. The Kier molecular flexibility index (Phi) is 6.58. The van der Waals surface area contributed by atoms with Crippen molar-refractivity contribution in [3.63, 3.8) is 0 Å². The minimum absolute atomic E-state index is 0.0505. The first-order valence-electron chi connectivity index (χ1n) is 11.4. The van der Waals surface area contributed by atoms with Gasteiger partial charge < -0.3 is 20.1 Å². The summed E-state index contributed by atoms with van der Waals surface area (Å²) in [6.45, 7) is 8.61. The van der Waals surface area contributed by atoms with Crippen molar-refractivity contribution in [3.8, 4) is 11.3 Å². The molecule has 0 amide bonds. The summed E-state index contributed by atoms with van der Waals surface area (Å²) in [5.74, 6) is -0.108. The van der Waals surface area contributed by atoms with E-state index in [1.54, 1.807) is 31.4 Å². The van der Waals surface area contributed by atoms with E-state index in [-0.39, 0.29) is 41.3 Å².